The molecular formula is C17H12N6O2S2. The van der Waals surface area contributed by atoms with Gasteiger partial charge < -0.3 is 4.42 Å². The van der Waals surface area contributed by atoms with Gasteiger partial charge >= 0.3 is 0 Å². The smallest absolute Gasteiger partial charge is 0.277 e. The number of anilines is 1. The number of nitrogens with zero attached hydrogens (tertiary/aromatic N) is 5. The number of hydrogen-bond donors (Lipinski definition) is 1. The van der Waals surface area contributed by atoms with Crippen LogP contribution in [0.2, 0.25) is 0 Å². The van der Waals surface area contributed by atoms with E-state index in [1.165, 1.54) is 11.3 Å². The number of pyridine rings is 1. The summed E-state index contributed by atoms with van der Waals surface area (Å²) in [4.78, 5) is 16.1. The van der Waals surface area contributed by atoms with Gasteiger partial charge in [-0.15, -0.1) is 20.4 Å². The van der Waals surface area contributed by atoms with Gasteiger partial charge in [-0.1, -0.05) is 53.4 Å². The fraction of sp³-hybridized carbons (Fsp3) is 0.0588. The Morgan fingerprint density at radius 2 is 1.89 bits per heavy atom. The minimum Gasteiger partial charge on any atom is -0.411 e. The fourth-order valence-corrected chi connectivity index (χ4v) is 3.46. The van der Waals surface area contributed by atoms with Gasteiger partial charge in [-0.25, -0.2) is 0 Å². The summed E-state index contributed by atoms with van der Waals surface area (Å²) >= 11 is 2.47. The van der Waals surface area contributed by atoms with Gasteiger partial charge in [0, 0.05) is 18.0 Å². The maximum absolute atomic E-state index is 12.1. The van der Waals surface area contributed by atoms with Crippen molar-refractivity contribution >= 4 is 34.1 Å². The highest BCUT2D eigenvalue weighted by Crippen LogP contribution is 2.26. The Labute approximate surface area is 162 Å². The number of hydrogen-bond acceptors (Lipinski definition) is 9. The van der Waals surface area contributed by atoms with Crippen LogP contribution in [0.4, 0.5) is 5.13 Å². The molecule has 1 aromatic carbocycles. The van der Waals surface area contributed by atoms with Crippen LogP contribution in [-0.4, -0.2) is 37.0 Å². The van der Waals surface area contributed by atoms with E-state index in [1.807, 2.05) is 36.4 Å². The van der Waals surface area contributed by atoms with E-state index in [0.29, 0.717) is 16.2 Å². The molecule has 0 bridgehead atoms. The standard InChI is InChI=1S/C17H12N6O2S2/c24-13(19-16-22-21-15(27-16)11-5-2-1-3-6-11)10-26-17-23-20-14(25-17)12-7-4-8-18-9-12/h1-9H,10H2,(H,19,22,24). The van der Waals surface area contributed by atoms with Crippen LogP contribution in [0.5, 0.6) is 0 Å². The minimum absolute atomic E-state index is 0.120. The van der Waals surface area contributed by atoms with E-state index in [-0.39, 0.29) is 11.7 Å². The average Bonchev–Trinajstić information content (AvgIpc) is 3.37. The first-order valence-electron chi connectivity index (χ1n) is 7.83. The van der Waals surface area contributed by atoms with Crippen molar-refractivity contribution < 1.29 is 9.21 Å². The Kier molecular flexibility index (Phi) is 5.17. The van der Waals surface area contributed by atoms with Crippen molar-refractivity contribution in [2.24, 2.45) is 0 Å². The first-order valence-corrected chi connectivity index (χ1v) is 9.63. The Morgan fingerprint density at radius 3 is 2.70 bits per heavy atom. The molecule has 10 heteroatoms. The predicted molar refractivity (Wildman–Crippen MR) is 102 cm³/mol. The molecule has 3 heterocycles. The molecule has 0 radical (unpaired) electrons. The lowest BCUT2D eigenvalue weighted by molar-refractivity contribution is -0.113. The summed E-state index contributed by atoms with van der Waals surface area (Å²) in [6.07, 6.45) is 3.30. The van der Waals surface area contributed by atoms with Crippen molar-refractivity contribution in [1.29, 1.82) is 0 Å². The monoisotopic (exact) mass is 396 g/mol. The zero-order valence-electron chi connectivity index (χ0n) is 13.8. The number of thioether (sulfide) groups is 1. The molecule has 0 spiro atoms. The van der Waals surface area contributed by atoms with Gasteiger partial charge in [-0.3, -0.25) is 15.1 Å². The summed E-state index contributed by atoms with van der Waals surface area (Å²) < 4.78 is 5.53. The van der Waals surface area contributed by atoms with Crippen LogP contribution in [0.3, 0.4) is 0 Å². The number of carbonyl (C=O) groups excluding carboxylic acids is 1. The van der Waals surface area contributed by atoms with Crippen LogP contribution in [0, 0.1) is 0 Å². The number of carbonyl (C=O) groups is 1. The van der Waals surface area contributed by atoms with Gasteiger partial charge in [0.05, 0.1) is 11.3 Å². The zero-order valence-corrected chi connectivity index (χ0v) is 15.4. The molecule has 134 valence electrons. The van der Waals surface area contributed by atoms with E-state index in [9.17, 15) is 4.79 Å². The molecule has 0 unspecified atom stereocenters. The predicted octanol–water partition coefficient (Wildman–Crippen LogP) is 3.38. The first-order chi connectivity index (χ1) is 13.3. The highest BCUT2D eigenvalue weighted by molar-refractivity contribution is 7.99. The lowest BCUT2D eigenvalue weighted by Crippen LogP contribution is -2.13. The molecule has 27 heavy (non-hydrogen) atoms. The quantitative estimate of drug-likeness (QED) is 0.494. The number of benzene rings is 1. The van der Waals surface area contributed by atoms with Crippen LogP contribution < -0.4 is 5.32 Å². The maximum atomic E-state index is 12.1. The van der Waals surface area contributed by atoms with E-state index in [1.54, 1.807) is 18.5 Å². The molecule has 0 saturated heterocycles. The molecule has 0 aliphatic rings. The van der Waals surface area contributed by atoms with Crippen LogP contribution in [0.15, 0.2) is 64.5 Å². The molecule has 1 N–H and O–H groups in total. The SMILES string of the molecule is O=C(CSc1nnc(-c2cccnc2)o1)Nc1nnc(-c2ccccc2)s1. The van der Waals surface area contributed by atoms with Crippen LogP contribution in [0.25, 0.3) is 22.0 Å². The molecule has 0 saturated carbocycles. The van der Waals surface area contributed by atoms with Crippen molar-refractivity contribution in [3.8, 4) is 22.0 Å². The highest BCUT2D eigenvalue weighted by atomic mass is 32.2. The lowest BCUT2D eigenvalue weighted by atomic mass is 10.2. The van der Waals surface area contributed by atoms with E-state index in [0.717, 1.165) is 27.9 Å². The van der Waals surface area contributed by atoms with Crippen molar-refractivity contribution in [2.45, 2.75) is 5.22 Å². The molecule has 4 rings (SSSR count). The van der Waals surface area contributed by atoms with Crippen molar-refractivity contribution in [3.05, 3.63) is 54.9 Å². The summed E-state index contributed by atoms with van der Waals surface area (Å²) in [5, 5.41) is 20.2. The Morgan fingerprint density at radius 1 is 1.04 bits per heavy atom. The third-order valence-corrected chi connectivity index (χ3v) is 5.04. The summed E-state index contributed by atoms with van der Waals surface area (Å²) in [5.74, 6) is 0.258. The largest absolute Gasteiger partial charge is 0.411 e. The summed E-state index contributed by atoms with van der Waals surface area (Å²) in [5.41, 5.74) is 1.68. The molecule has 0 aliphatic carbocycles. The van der Waals surface area contributed by atoms with Gasteiger partial charge in [0.2, 0.25) is 16.9 Å². The van der Waals surface area contributed by atoms with Gasteiger partial charge in [0.15, 0.2) is 0 Å². The molecule has 0 aliphatic heterocycles. The first kappa shape index (κ1) is 17.3. The summed E-state index contributed by atoms with van der Waals surface area (Å²) in [6, 6.07) is 13.3. The lowest BCUT2D eigenvalue weighted by Gasteiger charge is -1.98. The fourth-order valence-electron chi connectivity index (χ4n) is 2.13. The number of rotatable bonds is 6. The van der Waals surface area contributed by atoms with Crippen LogP contribution in [-0.2, 0) is 4.79 Å². The Balaban J connectivity index is 1.33. The normalized spacial score (nSPS) is 10.7. The van der Waals surface area contributed by atoms with Gasteiger partial charge in [0.1, 0.15) is 5.01 Å². The highest BCUT2D eigenvalue weighted by Gasteiger charge is 2.13. The molecular weight excluding hydrogens is 384 g/mol. The summed E-state index contributed by atoms with van der Waals surface area (Å²) in [6.45, 7) is 0. The van der Waals surface area contributed by atoms with E-state index >= 15 is 0 Å². The summed E-state index contributed by atoms with van der Waals surface area (Å²) in [7, 11) is 0. The van der Waals surface area contributed by atoms with E-state index in [2.05, 4.69) is 30.7 Å². The molecule has 3 aromatic heterocycles. The topological polar surface area (TPSA) is 107 Å². The molecule has 0 atom stereocenters. The Bertz CT molecular complexity index is 1040. The van der Waals surface area contributed by atoms with Gasteiger partial charge in [0.25, 0.3) is 5.22 Å². The Hall–Kier alpha value is -3.11. The number of amides is 1. The van der Waals surface area contributed by atoms with Gasteiger partial charge in [-0.05, 0) is 12.1 Å². The second kappa shape index (κ2) is 8.06. The maximum Gasteiger partial charge on any atom is 0.277 e. The molecule has 8 nitrogen and oxygen atoms in total. The molecule has 1 amide bonds. The van der Waals surface area contributed by atoms with Crippen molar-refractivity contribution in [1.82, 2.24) is 25.4 Å². The third kappa shape index (κ3) is 4.36. The second-order valence-corrected chi connectivity index (χ2v) is 7.13. The third-order valence-electron chi connectivity index (χ3n) is 3.33. The average molecular weight is 396 g/mol. The van der Waals surface area contributed by atoms with Crippen LogP contribution in [0.1, 0.15) is 0 Å². The van der Waals surface area contributed by atoms with Crippen molar-refractivity contribution in [2.75, 3.05) is 11.1 Å². The molecule has 4 aromatic rings. The zero-order chi connectivity index (χ0) is 18.5. The van der Waals surface area contributed by atoms with Gasteiger partial charge in [-0.2, -0.15) is 0 Å². The van der Waals surface area contributed by atoms with E-state index < -0.39 is 0 Å². The number of nitrogens with one attached hydrogen (secondary N) is 1. The van der Waals surface area contributed by atoms with E-state index in [4.69, 9.17) is 4.42 Å². The second-order valence-electron chi connectivity index (χ2n) is 5.23. The number of aromatic nitrogens is 5. The minimum atomic E-state index is -0.225. The van der Waals surface area contributed by atoms with Crippen molar-refractivity contribution in [3.63, 3.8) is 0 Å². The van der Waals surface area contributed by atoms with Crippen LogP contribution >= 0.6 is 23.1 Å². The molecule has 0 fully saturated rings.